The van der Waals surface area contributed by atoms with Crippen LogP contribution in [0.15, 0.2) is 24.3 Å². The maximum Gasteiger partial charge on any atom is 0.508 e. The number of hydrogen-bond acceptors (Lipinski definition) is 4. The van der Waals surface area contributed by atoms with Gasteiger partial charge in [-0.3, -0.25) is 0 Å². The lowest BCUT2D eigenvalue weighted by molar-refractivity contribution is 0.0297. The molecule has 0 aliphatic heterocycles. The van der Waals surface area contributed by atoms with E-state index in [1.807, 2.05) is 24.3 Å². The number of benzene rings is 1. The summed E-state index contributed by atoms with van der Waals surface area (Å²) in [6, 6.07) is 7.63. The zero-order valence-corrected chi connectivity index (χ0v) is 13.4. The Hall–Kier alpha value is -1.71. The van der Waals surface area contributed by atoms with Gasteiger partial charge in [-0.2, -0.15) is 0 Å². The third-order valence-corrected chi connectivity index (χ3v) is 2.96. The van der Waals surface area contributed by atoms with Crippen molar-refractivity contribution in [1.82, 2.24) is 0 Å². The standard InChI is InChI=1S/C17H26O4/c1-5-8-15(6-2)21-16-10-7-9-14(11-16)12-19-17(18)20-13(3)4/h7,9-11,13,15H,5-6,8,12H2,1-4H3. The molecule has 0 aliphatic carbocycles. The minimum absolute atomic E-state index is 0.175. The lowest BCUT2D eigenvalue weighted by atomic mass is 10.1. The van der Waals surface area contributed by atoms with E-state index in [-0.39, 0.29) is 18.8 Å². The third-order valence-electron chi connectivity index (χ3n) is 2.96. The Kier molecular flexibility index (Phi) is 7.65. The van der Waals surface area contributed by atoms with Gasteiger partial charge < -0.3 is 14.2 Å². The Bertz CT molecular complexity index is 429. The number of carbonyl (C=O) groups is 1. The van der Waals surface area contributed by atoms with Crippen molar-refractivity contribution in [2.45, 2.75) is 65.8 Å². The molecule has 0 fully saturated rings. The number of ether oxygens (including phenoxy) is 3. The molecule has 4 heteroatoms. The first-order chi connectivity index (χ1) is 10.0. The van der Waals surface area contributed by atoms with E-state index in [2.05, 4.69) is 13.8 Å². The molecule has 21 heavy (non-hydrogen) atoms. The van der Waals surface area contributed by atoms with Crippen molar-refractivity contribution in [3.63, 3.8) is 0 Å². The topological polar surface area (TPSA) is 44.8 Å². The quantitative estimate of drug-likeness (QED) is 0.652. The fraction of sp³-hybridized carbons (Fsp3) is 0.588. The fourth-order valence-corrected chi connectivity index (χ4v) is 1.94. The lowest BCUT2D eigenvalue weighted by Crippen LogP contribution is -2.15. The van der Waals surface area contributed by atoms with Gasteiger partial charge in [-0.1, -0.05) is 32.4 Å². The summed E-state index contributed by atoms with van der Waals surface area (Å²) in [5.41, 5.74) is 0.888. The Morgan fingerprint density at radius 1 is 1.24 bits per heavy atom. The monoisotopic (exact) mass is 294 g/mol. The van der Waals surface area contributed by atoms with E-state index in [0.29, 0.717) is 0 Å². The van der Waals surface area contributed by atoms with Crippen LogP contribution in [0.4, 0.5) is 4.79 Å². The molecule has 118 valence electrons. The summed E-state index contributed by atoms with van der Waals surface area (Å²) in [5, 5.41) is 0. The van der Waals surface area contributed by atoms with Crippen LogP contribution in [0.1, 0.15) is 52.5 Å². The van der Waals surface area contributed by atoms with E-state index < -0.39 is 6.16 Å². The van der Waals surface area contributed by atoms with Gasteiger partial charge >= 0.3 is 6.16 Å². The molecular weight excluding hydrogens is 268 g/mol. The molecule has 0 amide bonds. The molecule has 0 saturated heterocycles. The maximum absolute atomic E-state index is 11.3. The van der Waals surface area contributed by atoms with Crippen LogP contribution in [0.5, 0.6) is 5.75 Å². The molecule has 0 spiro atoms. The number of rotatable bonds is 8. The molecule has 0 aliphatic rings. The van der Waals surface area contributed by atoms with Crippen LogP contribution in [-0.4, -0.2) is 18.4 Å². The van der Waals surface area contributed by atoms with Crippen LogP contribution in [0, 0.1) is 0 Å². The van der Waals surface area contributed by atoms with Gasteiger partial charge in [0.25, 0.3) is 0 Å². The normalized spacial score (nSPS) is 12.0. The van der Waals surface area contributed by atoms with Crippen LogP contribution in [0.2, 0.25) is 0 Å². The van der Waals surface area contributed by atoms with Crippen LogP contribution in [-0.2, 0) is 16.1 Å². The van der Waals surface area contributed by atoms with Gasteiger partial charge in [0, 0.05) is 0 Å². The highest BCUT2D eigenvalue weighted by molar-refractivity contribution is 5.60. The lowest BCUT2D eigenvalue weighted by Gasteiger charge is -2.17. The van der Waals surface area contributed by atoms with Crippen LogP contribution >= 0.6 is 0 Å². The molecule has 1 aromatic carbocycles. The van der Waals surface area contributed by atoms with Crippen molar-refractivity contribution in [3.8, 4) is 5.75 Å². The van der Waals surface area contributed by atoms with E-state index in [9.17, 15) is 4.79 Å². The molecule has 0 aromatic heterocycles. The Morgan fingerprint density at radius 3 is 2.62 bits per heavy atom. The summed E-state index contributed by atoms with van der Waals surface area (Å²) in [5.74, 6) is 0.814. The Labute approximate surface area is 127 Å². The van der Waals surface area contributed by atoms with E-state index in [4.69, 9.17) is 14.2 Å². The number of hydrogen-bond donors (Lipinski definition) is 0. The van der Waals surface area contributed by atoms with Crippen molar-refractivity contribution in [3.05, 3.63) is 29.8 Å². The highest BCUT2D eigenvalue weighted by Gasteiger charge is 2.09. The minimum Gasteiger partial charge on any atom is -0.490 e. The Balaban J connectivity index is 2.53. The van der Waals surface area contributed by atoms with Gasteiger partial charge in [0.05, 0.1) is 12.2 Å². The van der Waals surface area contributed by atoms with Gasteiger partial charge in [0.2, 0.25) is 0 Å². The first-order valence-corrected chi connectivity index (χ1v) is 7.64. The van der Waals surface area contributed by atoms with Gasteiger partial charge in [-0.05, 0) is 44.4 Å². The summed E-state index contributed by atoms with van der Waals surface area (Å²) < 4.78 is 15.9. The number of carbonyl (C=O) groups excluding carboxylic acids is 1. The van der Waals surface area contributed by atoms with E-state index in [1.54, 1.807) is 13.8 Å². The average Bonchev–Trinajstić information content (AvgIpc) is 2.44. The molecule has 0 bridgehead atoms. The summed E-state index contributed by atoms with van der Waals surface area (Å²) in [4.78, 5) is 11.3. The smallest absolute Gasteiger partial charge is 0.490 e. The van der Waals surface area contributed by atoms with Crippen LogP contribution in [0.25, 0.3) is 0 Å². The van der Waals surface area contributed by atoms with Gasteiger partial charge in [0.15, 0.2) is 0 Å². The predicted octanol–water partition coefficient (Wildman–Crippen LogP) is 4.71. The molecule has 0 radical (unpaired) electrons. The Morgan fingerprint density at radius 2 is 2.00 bits per heavy atom. The molecule has 1 rings (SSSR count). The zero-order chi connectivity index (χ0) is 15.7. The minimum atomic E-state index is -0.645. The SMILES string of the molecule is CCCC(CC)Oc1cccc(COC(=O)OC(C)C)c1. The van der Waals surface area contributed by atoms with Crippen LogP contribution in [0.3, 0.4) is 0 Å². The van der Waals surface area contributed by atoms with Gasteiger partial charge in [-0.15, -0.1) is 0 Å². The highest BCUT2D eigenvalue weighted by atomic mass is 16.7. The third kappa shape index (κ3) is 7.02. The second kappa shape index (κ2) is 9.27. The van der Waals surface area contributed by atoms with Crippen LogP contribution < -0.4 is 4.74 Å². The summed E-state index contributed by atoms with van der Waals surface area (Å²) >= 11 is 0. The second-order valence-corrected chi connectivity index (χ2v) is 5.29. The molecule has 1 aromatic rings. The van der Waals surface area contributed by atoms with Gasteiger partial charge in [-0.25, -0.2) is 4.79 Å². The van der Waals surface area contributed by atoms with Crippen molar-refractivity contribution >= 4 is 6.16 Å². The fourth-order valence-electron chi connectivity index (χ4n) is 1.94. The molecule has 4 nitrogen and oxygen atoms in total. The maximum atomic E-state index is 11.3. The van der Waals surface area contributed by atoms with Crippen molar-refractivity contribution < 1.29 is 19.0 Å². The highest BCUT2D eigenvalue weighted by Crippen LogP contribution is 2.18. The molecule has 1 atom stereocenters. The van der Waals surface area contributed by atoms with Crippen molar-refractivity contribution in [2.75, 3.05) is 0 Å². The first kappa shape index (κ1) is 17.3. The molecule has 0 N–H and O–H groups in total. The van der Waals surface area contributed by atoms with E-state index >= 15 is 0 Å². The van der Waals surface area contributed by atoms with Crippen molar-refractivity contribution in [1.29, 1.82) is 0 Å². The first-order valence-electron chi connectivity index (χ1n) is 7.64. The molecule has 1 unspecified atom stereocenters. The van der Waals surface area contributed by atoms with Gasteiger partial charge in [0.1, 0.15) is 12.4 Å². The summed E-state index contributed by atoms with van der Waals surface area (Å²) in [7, 11) is 0. The molecule has 0 heterocycles. The van der Waals surface area contributed by atoms with E-state index in [0.717, 1.165) is 30.6 Å². The summed E-state index contributed by atoms with van der Waals surface area (Å²) in [6.07, 6.45) is 2.53. The molecule has 0 saturated carbocycles. The predicted molar refractivity (Wildman–Crippen MR) is 82.5 cm³/mol. The average molecular weight is 294 g/mol. The zero-order valence-electron chi connectivity index (χ0n) is 13.4. The second-order valence-electron chi connectivity index (χ2n) is 5.29. The molecular formula is C17H26O4. The van der Waals surface area contributed by atoms with Crippen molar-refractivity contribution in [2.24, 2.45) is 0 Å². The summed E-state index contributed by atoms with van der Waals surface area (Å²) in [6.45, 7) is 8.03. The van der Waals surface area contributed by atoms with E-state index in [1.165, 1.54) is 0 Å². The largest absolute Gasteiger partial charge is 0.508 e.